The maximum atomic E-state index is 3.60. The molecule has 1 atom stereocenters. The van der Waals surface area contributed by atoms with Gasteiger partial charge in [-0.05, 0) is 44.9 Å². The molecule has 0 heterocycles. The van der Waals surface area contributed by atoms with Crippen molar-refractivity contribution in [2.24, 2.45) is 5.41 Å². The molecule has 0 aromatic carbocycles. The fourth-order valence-electron chi connectivity index (χ4n) is 1.47. The lowest BCUT2D eigenvalue weighted by molar-refractivity contribution is 0.266. The third-order valence-corrected chi connectivity index (χ3v) is 3.30. The summed E-state index contributed by atoms with van der Waals surface area (Å²) in [5, 5.41) is 3.60. The third kappa shape index (κ3) is 6.91. The fraction of sp³-hybridized carbons (Fsp3) is 1.00. The van der Waals surface area contributed by atoms with E-state index in [0.717, 1.165) is 6.54 Å². The van der Waals surface area contributed by atoms with E-state index in [-0.39, 0.29) is 0 Å². The monoisotopic (exact) mass is 214 g/mol. The summed E-state index contributed by atoms with van der Waals surface area (Å²) in [6.45, 7) is 18.3. The molecule has 2 heteroatoms. The zero-order chi connectivity index (χ0) is 11.9. The predicted octanol–water partition coefficient (Wildman–Crippen LogP) is 2.74. The summed E-state index contributed by atoms with van der Waals surface area (Å²) in [6.07, 6.45) is 1.25. The van der Waals surface area contributed by atoms with Crippen molar-refractivity contribution in [3.8, 4) is 0 Å². The van der Waals surface area contributed by atoms with Gasteiger partial charge in [-0.2, -0.15) is 0 Å². The van der Waals surface area contributed by atoms with Gasteiger partial charge < -0.3 is 10.2 Å². The molecule has 15 heavy (non-hydrogen) atoms. The van der Waals surface area contributed by atoms with Crippen LogP contribution < -0.4 is 5.32 Å². The van der Waals surface area contributed by atoms with Gasteiger partial charge in [0.25, 0.3) is 0 Å². The molecule has 0 aliphatic rings. The van der Waals surface area contributed by atoms with Crippen LogP contribution in [-0.2, 0) is 0 Å². The first-order chi connectivity index (χ1) is 6.91. The van der Waals surface area contributed by atoms with E-state index in [9.17, 15) is 0 Å². The van der Waals surface area contributed by atoms with Gasteiger partial charge in [0.05, 0.1) is 0 Å². The van der Waals surface area contributed by atoms with Crippen molar-refractivity contribution in [2.75, 3.05) is 26.2 Å². The molecule has 0 bridgehead atoms. The van der Waals surface area contributed by atoms with Gasteiger partial charge in [-0.15, -0.1) is 0 Å². The Kier molecular flexibility index (Phi) is 7.20. The van der Waals surface area contributed by atoms with Crippen molar-refractivity contribution in [3.05, 3.63) is 0 Å². The molecule has 1 N–H and O–H groups in total. The summed E-state index contributed by atoms with van der Waals surface area (Å²) < 4.78 is 0. The number of nitrogens with zero attached hydrogens (tertiary/aromatic N) is 1. The fourth-order valence-corrected chi connectivity index (χ4v) is 1.47. The van der Waals surface area contributed by atoms with Crippen LogP contribution in [0, 0.1) is 5.41 Å². The first-order valence-corrected chi connectivity index (χ1v) is 6.37. The van der Waals surface area contributed by atoms with Gasteiger partial charge in [0, 0.05) is 6.04 Å². The number of hydrogen-bond acceptors (Lipinski definition) is 2. The summed E-state index contributed by atoms with van der Waals surface area (Å²) >= 11 is 0. The number of rotatable bonds is 7. The van der Waals surface area contributed by atoms with E-state index in [0.29, 0.717) is 11.5 Å². The van der Waals surface area contributed by atoms with Gasteiger partial charge in [-0.1, -0.05) is 34.6 Å². The molecule has 0 saturated heterocycles. The molecule has 0 amide bonds. The molecular weight excluding hydrogens is 184 g/mol. The van der Waals surface area contributed by atoms with E-state index in [1.807, 2.05) is 0 Å². The number of nitrogens with one attached hydrogen (secondary N) is 1. The van der Waals surface area contributed by atoms with E-state index in [2.05, 4.69) is 51.8 Å². The van der Waals surface area contributed by atoms with E-state index in [1.165, 1.54) is 26.1 Å². The molecule has 0 fully saturated rings. The Bertz CT molecular complexity index is 145. The molecule has 0 saturated carbocycles. The average molecular weight is 214 g/mol. The summed E-state index contributed by atoms with van der Waals surface area (Å²) in [7, 11) is 0. The average Bonchev–Trinajstić information content (AvgIpc) is 2.16. The van der Waals surface area contributed by atoms with Gasteiger partial charge in [-0.3, -0.25) is 0 Å². The number of hydrogen-bond donors (Lipinski definition) is 1. The van der Waals surface area contributed by atoms with E-state index in [1.54, 1.807) is 0 Å². The first kappa shape index (κ1) is 14.9. The Morgan fingerprint density at radius 3 is 2.07 bits per heavy atom. The Morgan fingerprint density at radius 2 is 1.67 bits per heavy atom. The second-order valence-electron chi connectivity index (χ2n) is 5.42. The lowest BCUT2D eigenvalue weighted by Gasteiger charge is -2.28. The van der Waals surface area contributed by atoms with Crippen molar-refractivity contribution in [1.29, 1.82) is 0 Å². The highest BCUT2D eigenvalue weighted by molar-refractivity contribution is 4.75. The van der Waals surface area contributed by atoms with Crippen LogP contribution in [0.5, 0.6) is 0 Å². The largest absolute Gasteiger partial charge is 0.314 e. The zero-order valence-corrected chi connectivity index (χ0v) is 11.6. The zero-order valence-electron chi connectivity index (χ0n) is 11.6. The maximum Gasteiger partial charge on any atom is 0.00872 e. The van der Waals surface area contributed by atoms with Crippen LogP contribution in [0.4, 0.5) is 0 Å². The molecule has 0 aromatic heterocycles. The minimum absolute atomic E-state index is 0.370. The van der Waals surface area contributed by atoms with Crippen molar-refractivity contribution < 1.29 is 0 Å². The van der Waals surface area contributed by atoms with Crippen LogP contribution in [-0.4, -0.2) is 37.1 Å². The molecule has 0 rings (SSSR count). The summed E-state index contributed by atoms with van der Waals surface area (Å²) in [4.78, 5) is 2.48. The minimum Gasteiger partial charge on any atom is -0.314 e. The molecule has 2 nitrogen and oxygen atoms in total. The second kappa shape index (κ2) is 7.24. The van der Waals surface area contributed by atoms with Gasteiger partial charge in [0.1, 0.15) is 0 Å². The molecule has 0 spiro atoms. The highest BCUT2D eigenvalue weighted by atomic mass is 15.1. The molecule has 92 valence electrons. The van der Waals surface area contributed by atoms with Crippen molar-refractivity contribution in [1.82, 2.24) is 10.2 Å². The van der Waals surface area contributed by atoms with Crippen LogP contribution >= 0.6 is 0 Å². The molecule has 1 unspecified atom stereocenters. The standard InChI is InChI=1S/C13H30N2/c1-7-15(8-2)11-9-10-14-12(3)13(4,5)6/h12,14H,7-11H2,1-6H3. The summed E-state index contributed by atoms with van der Waals surface area (Å²) in [6, 6.07) is 0.592. The lowest BCUT2D eigenvalue weighted by atomic mass is 9.88. The lowest BCUT2D eigenvalue weighted by Crippen LogP contribution is -2.39. The Labute approximate surface area is 96.4 Å². The molecular formula is C13H30N2. The first-order valence-electron chi connectivity index (χ1n) is 6.37. The minimum atomic E-state index is 0.370. The molecule has 0 aliphatic heterocycles. The van der Waals surface area contributed by atoms with Gasteiger partial charge in [-0.25, -0.2) is 0 Å². The van der Waals surface area contributed by atoms with E-state index < -0.39 is 0 Å². The van der Waals surface area contributed by atoms with E-state index in [4.69, 9.17) is 0 Å². The molecule has 0 radical (unpaired) electrons. The Morgan fingerprint density at radius 1 is 1.13 bits per heavy atom. The van der Waals surface area contributed by atoms with Crippen LogP contribution in [0.15, 0.2) is 0 Å². The van der Waals surface area contributed by atoms with E-state index >= 15 is 0 Å². The SMILES string of the molecule is CCN(CC)CCCNC(C)C(C)(C)C. The van der Waals surface area contributed by atoms with Crippen LogP contribution in [0.1, 0.15) is 48.0 Å². The Hall–Kier alpha value is -0.0800. The highest BCUT2D eigenvalue weighted by Crippen LogP contribution is 2.18. The van der Waals surface area contributed by atoms with Crippen molar-refractivity contribution in [2.45, 2.75) is 54.0 Å². The van der Waals surface area contributed by atoms with Crippen molar-refractivity contribution in [3.63, 3.8) is 0 Å². The smallest absolute Gasteiger partial charge is 0.00872 e. The quantitative estimate of drug-likeness (QED) is 0.656. The van der Waals surface area contributed by atoms with Crippen LogP contribution in [0.25, 0.3) is 0 Å². The molecule has 0 aliphatic carbocycles. The maximum absolute atomic E-state index is 3.60. The second-order valence-corrected chi connectivity index (χ2v) is 5.42. The molecule has 0 aromatic rings. The Balaban J connectivity index is 3.54. The van der Waals surface area contributed by atoms with Gasteiger partial charge in [0.2, 0.25) is 0 Å². The van der Waals surface area contributed by atoms with Crippen molar-refractivity contribution >= 4 is 0 Å². The summed E-state index contributed by atoms with van der Waals surface area (Å²) in [5.74, 6) is 0. The normalized spacial score (nSPS) is 14.6. The van der Waals surface area contributed by atoms with Gasteiger partial charge >= 0.3 is 0 Å². The summed E-state index contributed by atoms with van der Waals surface area (Å²) in [5.41, 5.74) is 0.370. The third-order valence-electron chi connectivity index (χ3n) is 3.30. The topological polar surface area (TPSA) is 15.3 Å². The van der Waals surface area contributed by atoms with Crippen LogP contribution in [0.2, 0.25) is 0 Å². The van der Waals surface area contributed by atoms with Gasteiger partial charge in [0.15, 0.2) is 0 Å². The highest BCUT2D eigenvalue weighted by Gasteiger charge is 2.18. The van der Waals surface area contributed by atoms with Crippen LogP contribution in [0.3, 0.4) is 0 Å². The predicted molar refractivity (Wildman–Crippen MR) is 69.3 cm³/mol.